The third-order valence-corrected chi connectivity index (χ3v) is 3.11. The maximum absolute atomic E-state index is 11.3. The van der Waals surface area contributed by atoms with E-state index in [2.05, 4.69) is 24.4 Å². The van der Waals surface area contributed by atoms with Gasteiger partial charge in [0.05, 0.1) is 0 Å². The average molecular weight is 226 g/mol. The van der Waals surface area contributed by atoms with Crippen molar-refractivity contribution >= 4 is 17.2 Å². The summed E-state index contributed by atoms with van der Waals surface area (Å²) in [5.74, 6) is 0.0401. The minimum Gasteiger partial charge on any atom is -0.353 e. The van der Waals surface area contributed by atoms with Crippen molar-refractivity contribution in [2.24, 2.45) is 5.73 Å². The van der Waals surface area contributed by atoms with E-state index in [1.165, 1.54) is 9.75 Å². The van der Waals surface area contributed by atoms with Crippen LogP contribution in [0, 0.1) is 6.92 Å². The highest BCUT2D eigenvalue weighted by Gasteiger charge is 2.08. The van der Waals surface area contributed by atoms with Crippen LogP contribution in [0.4, 0.5) is 0 Å². The summed E-state index contributed by atoms with van der Waals surface area (Å²) in [5.41, 5.74) is 5.30. The number of hydrogen-bond acceptors (Lipinski definition) is 3. The van der Waals surface area contributed by atoms with Crippen LogP contribution in [0.2, 0.25) is 0 Å². The van der Waals surface area contributed by atoms with Crippen molar-refractivity contribution in [3.05, 3.63) is 21.9 Å². The van der Waals surface area contributed by atoms with E-state index in [1.807, 2.05) is 6.92 Å². The van der Waals surface area contributed by atoms with Crippen molar-refractivity contribution in [3.63, 3.8) is 0 Å². The lowest BCUT2D eigenvalue weighted by atomic mass is 10.2. The van der Waals surface area contributed by atoms with Gasteiger partial charge in [0.2, 0.25) is 5.91 Å². The first-order valence-electron chi connectivity index (χ1n) is 5.16. The molecule has 84 valence electrons. The van der Waals surface area contributed by atoms with E-state index in [9.17, 15) is 4.79 Å². The first kappa shape index (κ1) is 12.2. The molecule has 1 heterocycles. The molecule has 1 unspecified atom stereocenters. The van der Waals surface area contributed by atoms with Crippen molar-refractivity contribution < 1.29 is 4.79 Å². The molecule has 0 aliphatic heterocycles. The first-order chi connectivity index (χ1) is 7.11. The maximum Gasteiger partial charge on any atom is 0.221 e. The molecule has 0 bridgehead atoms. The lowest BCUT2D eigenvalue weighted by Gasteiger charge is -2.12. The number of nitrogens with one attached hydrogen (secondary N) is 1. The third-order valence-electron chi connectivity index (χ3n) is 2.08. The molecular formula is C11H18N2OS. The molecule has 4 heteroatoms. The summed E-state index contributed by atoms with van der Waals surface area (Å²) in [6, 6.07) is 4.40. The molecule has 0 aromatic carbocycles. The predicted octanol–water partition coefficient (Wildman–Crippen LogP) is 1.45. The predicted molar refractivity (Wildman–Crippen MR) is 64.0 cm³/mol. The molecule has 1 amide bonds. The van der Waals surface area contributed by atoms with Gasteiger partial charge in [0, 0.05) is 35.2 Å². The molecule has 1 atom stereocenters. The van der Waals surface area contributed by atoms with Gasteiger partial charge in [-0.05, 0) is 26.0 Å². The summed E-state index contributed by atoms with van der Waals surface area (Å²) in [4.78, 5) is 13.9. The number of rotatable bonds is 5. The summed E-state index contributed by atoms with van der Waals surface area (Å²) >= 11 is 1.78. The number of amides is 1. The van der Waals surface area contributed by atoms with Crippen molar-refractivity contribution in [1.82, 2.24) is 5.32 Å². The van der Waals surface area contributed by atoms with E-state index in [4.69, 9.17) is 5.73 Å². The highest BCUT2D eigenvalue weighted by Crippen LogP contribution is 2.16. The number of thiophene rings is 1. The number of carbonyl (C=O) groups is 1. The highest BCUT2D eigenvalue weighted by molar-refractivity contribution is 7.11. The average Bonchev–Trinajstić information content (AvgIpc) is 2.51. The summed E-state index contributed by atoms with van der Waals surface area (Å²) < 4.78 is 0. The highest BCUT2D eigenvalue weighted by atomic mass is 32.1. The van der Waals surface area contributed by atoms with Crippen LogP contribution in [0.15, 0.2) is 12.1 Å². The van der Waals surface area contributed by atoms with Gasteiger partial charge in [-0.3, -0.25) is 4.79 Å². The summed E-state index contributed by atoms with van der Waals surface area (Å²) in [6.45, 7) is 4.52. The Kier molecular flexibility index (Phi) is 4.78. The Morgan fingerprint density at radius 1 is 1.60 bits per heavy atom. The van der Waals surface area contributed by atoms with Gasteiger partial charge < -0.3 is 11.1 Å². The van der Waals surface area contributed by atoms with E-state index >= 15 is 0 Å². The van der Waals surface area contributed by atoms with E-state index in [-0.39, 0.29) is 11.9 Å². The van der Waals surface area contributed by atoms with Crippen molar-refractivity contribution in [2.45, 2.75) is 32.7 Å². The fraction of sp³-hybridized carbons (Fsp3) is 0.545. The molecule has 1 rings (SSSR count). The molecule has 0 fully saturated rings. The molecule has 0 aliphatic rings. The molecule has 0 spiro atoms. The van der Waals surface area contributed by atoms with E-state index in [1.54, 1.807) is 11.3 Å². The molecule has 1 aromatic heterocycles. The summed E-state index contributed by atoms with van der Waals surface area (Å²) in [6.07, 6.45) is 1.31. The molecule has 0 aliphatic carbocycles. The quantitative estimate of drug-likeness (QED) is 0.798. The van der Waals surface area contributed by atoms with Crippen molar-refractivity contribution in [2.75, 3.05) is 6.54 Å². The van der Waals surface area contributed by atoms with Gasteiger partial charge >= 0.3 is 0 Å². The van der Waals surface area contributed by atoms with Gasteiger partial charge in [0.15, 0.2) is 0 Å². The molecule has 0 saturated heterocycles. The Bertz CT molecular complexity index is 322. The number of hydrogen-bond donors (Lipinski definition) is 2. The molecule has 3 N–H and O–H groups in total. The fourth-order valence-electron chi connectivity index (χ4n) is 1.43. The van der Waals surface area contributed by atoms with Crippen LogP contribution in [-0.4, -0.2) is 18.5 Å². The van der Waals surface area contributed by atoms with Gasteiger partial charge in [-0.25, -0.2) is 0 Å². The molecule has 0 radical (unpaired) electrons. The zero-order valence-corrected chi connectivity index (χ0v) is 10.1. The van der Waals surface area contributed by atoms with Crippen LogP contribution in [0.25, 0.3) is 0 Å². The monoisotopic (exact) mass is 226 g/mol. The minimum absolute atomic E-state index is 0.0401. The summed E-state index contributed by atoms with van der Waals surface area (Å²) in [7, 11) is 0. The lowest BCUT2D eigenvalue weighted by molar-refractivity contribution is -0.121. The zero-order valence-electron chi connectivity index (χ0n) is 9.25. The lowest BCUT2D eigenvalue weighted by Crippen LogP contribution is -2.34. The molecule has 3 nitrogen and oxygen atoms in total. The van der Waals surface area contributed by atoms with Crippen LogP contribution in [0.1, 0.15) is 23.1 Å². The fourth-order valence-corrected chi connectivity index (χ4v) is 2.44. The maximum atomic E-state index is 11.3. The SMILES string of the molecule is Cc1ccc(CC(C)NC(=O)CCN)s1. The minimum atomic E-state index is 0.0401. The van der Waals surface area contributed by atoms with Gasteiger partial charge in [0.25, 0.3) is 0 Å². The number of aryl methyl sites for hydroxylation is 1. The van der Waals surface area contributed by atoms with E-state index in [0.29, 0.717) is 13.0 Å². The van der Waals surface area contributed by atoms with Crippen LogP contribution < -0.4 is 11.1 Å². The van der Waals surface area contributed by atoms with Gasteiger partial charge in [-0.1, -0.05) is 0 Å². The Morgan fingerprint density at radius 2 is 2.33 bits per heavy atom. The third kappa shape index (κ3) is 4.44. The van der Waals surface area contributed by atoms with Crippen LogP contribution >= 0.6 is 11.3 Å². The molecular weight excluding hydrogens is 208 g/mol. The largest absolute Gasteiger partial charge is 0.353 e. The van der Waals surface area contributed by atoms with E-state index in [0.717, 1.165) is 6.42 Å². The number of carbonyl (C=O) groups excluding carboxylic acids is 1. The second-order valence-corrected chi connectivity index (χ2v) is 5.10. The number of nitrogens with two attached hydrogens (primary N) is 1. The Hall–Kier alpha value is -0.870. The van der Waals surface area contributed by atoms with Crippen LogP contribution in [-0.2, 0) is 11.2 Å². The Morgan fingerprint density at radius 3 is 2.87 bits per heavy atom. The van der Waals surface area contributed by atoms with Crippen molar-refractivity contribution in [3.8, 4) is 0 Å². The van der Waals surface area contributed by atoms with Gasteiger partial charge in [-0.2, -0.15) is 0 Å². The first-order valence-corrected chi connectivity index (χ1v) is 5.98. The molecule has 15 heavy (non-hydrogen) atoms. The smallest absolute Gasteiger partial charge is 0.221 e. The van der Waals surface area contributed by atoms with Crippen molar-refractivity contribution in [1.29, 1.82) is 0 Å². The molecule has 0 saturated carbocycles. The van der Waals surface area contributed by atoms with Crippen LogP contribution in [0.5, 0.6) is 0 Å². The second-order valence-electron chi connectivity index (χ2n) is 3.72. The standard InChI is InChI=1S/C11H18N2OS/c1-8(13-11(14)5-6-12)7-10-4-3-9(2)15-10/h3-4,8H,5-7,12H2,1-2H3,(H,13,14). The Labute approximate surface area is 94.7 Å². The van der Waals surface area contributed by atoms with Gasteiger partial charge in [0.1, 0.15) is 0 Å². The summed E-state index contributed by atoms with van der Waals surface area (Å²) in [5, 5.41) is 2.93. The Balaban J connectivity index is 2.35. The molecule has 1 aromatic rings. The second kappa shape index (κ2) is 5.88. The zero-order chi connectivity index (χ0) is 11.3. The topological polar surface area (TPSA) is 55.1 Å². The van der Waals surface area contributed by atoms with Gasteiger partial charge in [-0.15, -0.1) is 11.3 Å². The van der Waals surface area contributed by atoms with E-state index < -0.39 is 0 Å². The van der Waals surface area contributed by atoms with Crippen LogP contribution in [0.3, 0.4) is 0 Å². The normalized spacial score (nSPS) is 12.5.